The number of carbonyl (C=O) groups excluding carboxylic acids is 2. The molecule has 1 aromatic rings. The van der Waals surface area contributed by atoms with E-state index in [1.165, 1.54) is 7.05 Å². The molecule has 1 aromatic heterocycles. The van der Waals surface area contributed by atoms with E-state index >= 15 is 0 Å². The Morgan fingerprint density at radius 3 is 2.92 bits per heavy atom. The molecule has 1 amide bonds. The number of hydrogen-bond acceptors (Lipinski definition) is 3. The van der Waals surface area contributed by atoms with Crippen molar-refractivity contribution in [1.29, 1.82) is 0 Å². The molecule has 0 aliphatic rings. The summed E-state index contributed by atoms with van der Waals surface area (Å²) in [4.78, 5) is 25.0. The molecule has 0 radical (unpaired) electrons. The number of nitrogens with zero attached hydrogens (tertiary/aromatic N) is 1. The number of amides is 1. The number of nitrogens with one attached hydrogen (secondary N) is 1. The average Bonchev–Trinajstić information content (AvgIpc) is 2.16. The summed E-state index contributed by atoms with van der Waals surface area (Å²) >= 11 is 0. The van der Waals surface area contributed by atoms with Crippen LogP contribution in [0.2, 0.25) is 0 Å². The first-order valence-electron chi connectivity index (χ1n) is 3.52. The third kappa shape index (κ3) is 1.69. The van der Waals surface area contributed by atoms with Gasteiger partial charge in [-0.1, -0.05) is 0 Å². The number of pyridine rings is 1. The summed E-state index contributed by atoms with van der Waals surface area (Å²) < 4.78 is 13.0. The maximum absolute atomic E-state index is 13.0. The number of carbonyl (C=O) groups is 2. The maximum Gasteiger partial charge on any atom is 0.256 e. The molecule has 1 heterocycles. The largest absolute Gasteiger partial charge is 0.355 e. The molecule has 0 aliphatic heterocycles. The van der Waals surface area contributed by atoms with Gasteiger partial charge in [-0.3, -0.25) is 14.6 Å². The summed E-state index contributed by atoms with van der Waals surface area (Å²) in [6, 6.07) is 1.03. The average molecular weight is 182 g/mol. The molecular formula is C8H7FN2O2. The quantitative estimate of drug-likeness (QED) is 0.673. The van der Waals surface area contributed by atoms with Crippen molar-refractivity contribution in [1.82, 2.24) is 10.3 Å². The van der Waals surface area contributed by atoms with Crippen LogP contribution in [0.1, 0.15) is 20.8 Å². The number of aldehydes is 1. The molecule has 0 fully saturated rings. The lowest BCUT2D eigenvalue weighted by atomic mass is 10.2. The van der Waals surface area contributed by atoms with Crippen molar-refractivity contribution in [3.63, 3.8) is 0 Å². The summed E-state index contributed by atoms with van der Waals surface area (Å²) in [6.45, 7) is 0. The Morgan fingerprint density at radius 2 is 2.38 bits per heavy atom. The van der Waals surface area contributed by atoms with Gasteiger partial charge in [0.1, 0.15) is 17.1 Å². The first kappa shape index (κ1) is 9.31. The molecule has 0 bridgehead atoms. The van der Waals surface area contributed by atoms with Gasteiger partial charge in [0.15, 0.2) is 6.29 Å². The van der Waals surface area contributed by atoms with Gasteiger partial charge in [-0.25, -0.2) is 4.39 Å². The van der Waals surface area contributed by atoms with E-state index in [1.54, 1.807) is 0 Å². The molecule has 0 atom stereocenters. The first-order valence-corrected chi connectivity index (χ1v) is 3.52. The van der Waals surface area contributed by atoms with E-state index < -0.39 is 11.7 Å². The SMILES string of the molecule is CNC(=O)c1c(F)ccnc1C=O. The minimum atomic E-state index is -0.753. The van der Waals surface area contributed by atoms with Crippen molar-refractivity contribution >= 4 is 12.2 Å². The summed E-state index contributed by atoms with van der Waals surface area (Å²) in [5.41, 5.74) is -0.514. The van der Waals surface area contributed by atoms with Gasteiger partial charge in [-0.05, 0) is 6.07 Å². The Balaban J connectivity index is 3.30. The molecule has 5 heteroatoms. The van der Waals surface area contributed by atoms with Crippen molar-refractivity contribution in [3.8, 4) is 0 Å². The lowest BCUT2D eigenvalue weighted by Gasteiger charge is -2.02. The number of halogens is 1. The second kappa shape index (κ2) is 3.75. The highest BCUT2D eigenvalue weighted by molar-refractivity contribution is 6.00. The highest BCUT2D eigenvalue weighted by Gasteiger charge is 2.15. The smallest absolute Gasteiger partial charge is 0.256 e. The molecule has 0 aliphatic carbocycles. The van der Waals surface area contributed by atoms with Crippen LogP contribution in [0.3, 0.4) is 0 Å². The lowest BCUT2D eigenvalue weighted by Crippen LogP contribution is -2.21. The van der Waals surface area contributed by atoms with E-state index in [-0.39, 0.29) is 11.3 Å². The fourth-order valence-corrected chi connectivity index (χ4v) is 0.892. The van der Waals surface area contributed by atoms with E-state index in [0.717, 1.165) is 12.3 Å². The Morgan fingerprint density at radius 1 is 1.69 bits per heavy atom. The molecule has 0 spiro atoms. The van der Waals surface area contributed by atoms with Crippen molar-refractivity contribution in [3.05, 3.63) is 29.3 Å². The van der Waals surface area contributed by atoms with Crippen LogP contribution in [0.15, 0.2) is 12.3 Å². The topological polar surface area (TPSA) is 59.1 Å². The van der Waals surface area contributed by atoms with Crippen LogP contribution in [-0.2, 0) is 0 Å². The molecule has 0 saturated carbocycles. The second-order valence-electron chi connectivity index (χ2n) is 2.25. The zero-order valence-corrected chi connectivity index (χ0v) is 6.87. The van der Waals surface area contributed by atoms with E-state index in [0.29, 0.717) is 6.29 Å². The van der Waals surface area contributed by atoms with Gasteiger partial charge in [0.2, 0.25) is 0 Å². The Kier molecular flexibility index (Phi) is 2.69. The van der Waals surface area contributed by atoms with Crippen LogP contribution in [0, 0.1) is 5.82 Å². The molecular weight excluding hydrogens is 175 g/mol. The fraction of sp³-hybridized carbons (Fsp3) is 0.125. The molecule has 1 rings (SSSR count). The summed E-state index contributed by atoms with van der Waals surface area (Å²) in [6.07, 6.45) is 1.47. The summed E-state index contributed by atoms with van der Waals surface area (Å²) in [5, 5.41) is 2.22. The molecule has 0 aromatic carbocycles. The monoisotopic (exact) mass is 182 g/mol. The minimum Gasteiger partial charge on any atom is -0.355 e. The Labute approximate surface area is 73.8 Å². The Hall–Kier alpha value is -1.78. The van der Waals surface area contributed by atoms with Crippen LogP contribution in [0.25, 0.3) is 0 Å². The van der Waals surface area contributed by atoms with Crippen molar-refractivity contribution in [2.45, 2.75) is 0 Å². The van der Waals surface area contributed by atoms with Gasteiger partial charge in [-0.2, -0.15) is 0 Å². The molecule has 1 N–H and O–H groups in total. The van der Waals surface area contributed by atoms with Crippen LogP contribution >= 0.6 is 0 Å². The van der Waals surface area contributed by atoms with Gasteiger partial charge >= 0.3 is 0 Å². The van der Waals surface area contributed by atoms with Gasteiger partial charge in [0.05, 0.1) is 0 Å². The summed E-state index contributed by atoms with van der Waals surface area (Å²) in [5.74, 6) is -1.41. The third-order valence-electron chi connectivity index (χ3n) is 1.50. The van der Waals surface area contributed by atoms with E-state index in [2.05, 4.69) is 10.3 Å². The molecule has 0 unspecified atom stereocenters. The van der Waals surface area contributed by atoms with Crippen LogP contribution < -0.4 is 5.32 Å². The first-order chi connectivity index (χ1) is 6.20. The molecule has 4 nitrogen and oxygen atoms in total. The highest BCUT2D eigenvalue weighted by Crippen LogP contribution is 2.08. The second-order valence-corrected chi connectivity index (χ2v) is 2.25. The summed E-state index contributed by atoms with van der Waals surface area (Å²) in [7, 11) is 1.35. The zero-order valence-electron chi connectivity index (χ0n) is 6.87. The Bertz CT molecular complexity index is 352. The minimum absolute atomic E-state index is 0.195. The van der Waals surface area contributed by atoms with Gasteiger partial charge in [0.25, 0.3) is 5.91 Å². The number of rotatable bonds is 2. The van der Waals surface area contributed by atoms with Crippen molar-refractivity contribution in [2.24, 2.45) is 0 Å². The maximum atomic E-state index is 13.0. The number of hydrogen-bond donors (Lipinski definition) is 1. The molecule has 0 saturated heterocycles. The highest BCUT2D eigenvalue weighted by atomic mass is 19.1. The lowest BCUT2D eigenvalue weighted by molar-refractivity contribution is 0.0952. The predicted octanol–water partition coefficient (Wildman–Crippen LogP) is 0.393. The van der Waals surface area contributed by atoms with Crippen molar-refractivity contribution < 1.29 is 14.0 Å². The van der Waals surface area contributed by atoms with Crippen molar-refractivity contribution in [2.75, 3.05) is 7.05 Å². The molecule has 68 valence electrons. The predicted molar refractivity (Wildman–Crippen MR) is 43.0 cm³/mol. The number of aromatic nitrogens is 1. The van der Waals surface area contributed by atoms with Gasteiger partial charge < -0.3 is 5.32 Å². The van der Waals surface area contributed by atoms with Crippen LogP contribution in [0.5, 0.6) is 0 Å². The fourth-order valence-electron chi connectivity index (χ4n) is 0.892. The standard InChI is InChI=1S/C8H7FN2O2/c1-10-8(13)7-5(9)2-3-11-6(7)4-12/h2-4H,1H3,(H,10,13). The van der Waals surface area contributed by atoms with E-state index in [4.69, 9.17) is 0 Å². The van der Waals surface area contributed by atoms with Crippen LogP contribution in [-0.4, -0.2) is 24.2 Å². The molecule has 13 heavy (non-hydrogen) atoms. The van der Waals surface area contributed by atoms with Gasteiger partial charge in [0, 0.05) is 13.2 Å². The van der Waals surface area contributed by atoms with Crippen LogP contribution in [0.4, 0.5) is 4.39 Å². The zero-order chi connectivity index (χ0) is 9.84. The normalized spacial score (nSPS) is 9.38. The van der Waals surface area contributed by atoms with E-state index in [9.17, 15) is 14.0 Å². The van der Waals surface area contributed by atoms with E-state index in [1.807, 2.05) is 0 Å². The van der Waals surface area contributed by atoms with Gasteiger partial charge in [-0.15, -0.1) is 0 Å². The third-order valence-corrected chi connectivity index (χ3v) is 1.50.